The quantitative estimate of drug-likeness (QED) is 0.597. The number of halogens is 1. The average molecular weight is 418 g/mol. The van der Waals surface area contributed by atoms with Gasteiger partial charge in [0.1, 0.15) is 0 Å². The molecule has 2 aromatic carbocycles. The monoisotopic (exact) mass is 417 g/mol. The molecule has 0 unspecified atom stereocenters. The van der Waals surface area contributed by atoms with Gasteiger partial charge in [0, 0.05) is 10.7 Å². The van der Waals surface area contributed by atoms with E-state index >= 15 is 0 Å². The van der Waals surface area contributed by atoms with Crippen LogP contribution in [-0.4, -0.2) is 24.0 Å². The van der Waals surface area contributed by atoms with Gasteiger partial charge in [-0.2, -0.15) is 0 Å². The molecule has 0 aliphatic heterocycles. The SMILES string of the molecule is Cc1ccc(C)c(NC(=O)[C@@H](C)OC(=O)C[C@@H](NC(N)=O)c2ccc(Cl)cc2)c1. The molecule has 0 aromatic heterocycles. The Hall–Kier alpha value is -3.06. The van der Waals surface area contributed by atoms with Crippen LogP contribution >= 0.6 is 11.6 Å². The fraction of sp³-hybridized carbons (Fsp3) is 0.286. The Morgan fingerprint density at radius 2 is 1.76 bits per heavy atom. The van der Waals surface area contributed by atoms with Crippen molar-refractivity contribution in [3.63, 3.8) is 0 Å². The van der Waals surface area contributed by atoms with Crippen molar-refractivity contribution < 1.29 is 19.1 Å². The zero-order chi connectivity index (χ0) is 21.6. The second-order valence-electron chi connectivity index (χ2n) is 6.76. The zero-order valence-corrected chi connectivity index (χ0v) is 17.2. The number of amides is 3. The lowest BCUT2D eigenvalue weighted by molar-refractivity contribution is -0.153. The Bertz CT molecular complexity index is 899. The van der Waals surface area contributed by atoms with Gasteiger partial charge in [-0.15, -0.1) is 0 Å². The van der Waals surface area contributed by atoms with E-state index in [9.17, 15) is 14.4 Å². The summed E-state index contributed by atoms with van der Waals surface area (Å²) in [6.45, 7) is 5.27. The number of carbonyl (C=O) groups excluding carboxylic acids is 3. The van der Waals surface area contributed by atoms with Crippen molar-refractivity contribution in [1.82, 2.24) is 5.32 Å². The maximum Gasteiger partial charge on any atom is 0.312 e. The van der Waals surface area contributed by atoms with E-state index in [0.29, 0.717) is 16.3 Å². The Balaban J connectivity index is 2.00. The smallest absolute Gasteiger partial charge is 0.312 e. The highest BCUT2D eigenvalue weighted by Crippen LogP contribution is 2.21. The Kier molecular flexibility index (Phi) is 7.61. The topological polar surface area (TPSA) is 111 Å². The van der Waals surface area contributed by atoms with Gasteiger partial charge in [0.25, 0.3) is 5.91 Å². The molecule has 2 rings (SSSR count). The van der Waals surface area contributed by atoms with Gasteiger partial charge in [0.05, 0.1) is 12.5 Å². The summed E-state index contributed by atoms with van der Waals surface area (Å²) in [4.78, 5) is 36.0. The van der Waals surface area contributed by atoms with Crippen LogP contribution in [0.1, 0.15) is 36.1 Å². The van der Waals surface area contributed by atoms with Crippen LogP contribution in [0.4, 0.5) is 10.5 Å². The van der Waals surface area contributed by atoms with Crippen molar-refractivity contribution in [2.75, 3.05) is 5.32 Å². The number of rotatable bonds is 7. The minimum Gasteiger partial charge on any atom is -0.452 e. The molecule has 2 aromatic rings. The summed E-state index contributed by atoms with van der Waals surface area (Å²) in [5.41, 5.74) is 8.40. The predicted molar refractivity (Wildman–Crippen MR) is 112 cm³/mol. The summed E-state index contributed by atoms with van der Waals surface area (Å²) in [7, 11) is 0. The van der Waals surface area contributed by atoms with Crippen LogP contribution < -0.4 is 16.4 Å². The number of primary amides is 1. The molecule has 7 nitrogen and oxygen atoms in total. The van der Waals surface area contributed by atoms with Crippen molar-refractivity contribution in [3.8, 4) is 0 Å². The Morgan fingerprint density at radius 3 is 2.38 bits per heavy atom. The number of nitrogens with two attached hydrogens (primary N) is 1. The number of nitrogens with one attached hydrogen (secondary N) is 2. The molecule has 154 valence electrons. The molecule has 0 spiro atoms. The molecule has 0 saturated carbocycles. The molecule has 0 fully saturated rings. The Morgan fingerprint density at radius 1 is 1.10 bits per heavy atom. The first-order valence-corrected chi connectivity index (χ1v) is 9.42. The van der Waals surface area contributed by atoms with Gasteiger partial charge >= 0.3 is 12.0 Å². The minimum absolute atomic E-state index is 0.189. The van der Waals surface area contributed by atoms with Crippen molar-refractivity contribution >= 4 is 35.2 Å². The van der Waals surface area contributed by atoms with E-state index in [-0.39, 0.29) is 6.42 Å². The first-order valence-electron chi connectivity index (χ1n) is 9.04. The van der Waals surface area contributed by atoms with Crippen molar-refractivity contribution in [2.24, 2.45) is 5.73 Å². The van der Waals surface area contributed by atoms with Crippen LogP contribution in [0.15, 0.2) is 42.5 Å². The zero-order valence-electron chi connectivity index (χ0n) is 16.5. The van der Waals surface area contributed by atoms with E-state index in [2.05, 4.69) is 10.6 Å². The third kappa shape index (κ3) is 6.80. The number of urea groups is 1. The molecular weight excluding hydrogens is 394 g/mol. The van der Waals surface area contributed by atoms with Gasteiger partial charge in [0.2, 0.25) is 0 Å². The number of esters is 1. The molecule has 0 radical (unpaired) electrons. The van der Waals surface area contributed by atoms with Crippen LogP contribution in [-0.2, 0) is 14.3 Å². The van der Waals surface area contributed by atoms with Gasteiger partial charge in [0.15, 0.2) is 6.10 Å². The fourth-order valence-electron chi connectivity index (χ4n) is 2.69. The number of carbonyl (C=O) groups is 3. The maximum atomic E-state index is 12.4. The molecule has 8 heteroatoms. The molecule has 4 N–H and O–H groups in total. The highest BCUT2D eigenvalue weighted by atomic mass is 35.5. The highest BCUT2D eigenvalue weighted by Gasteiger charge is 2.23. The molecule has 0 bridgehead atoms. The van der Waals surface area contributed by atoms with Gasteiger partial charge in [-0.05, 0) is 55.7 Å². The van der Waals surface area contributed by atoms with E-state index in [1.54, 1.807) is 24.3 Å². The predicted octanol–water partition coefficient (Wildman–Crippen LogP) is 3.63. The van der Waals surface area contributed by atoms with E-state index < -0.39 is 30.1 Å². The van der Waals surface area contributed by atoms with Crippen LogP contribution in [0.2, 0.25) is 5.02 Å². The third-order valence-electron chi connectivity index (χ3n) is 4.29. The van der Waals surface area contributed by atoms with Crippen LogP contribution in [0.5, 0.6) is 0 Å². The van der Waals surface area contributed by atoms with Gasteiger partial charge in [-0.25, -0.2) is 4.79 Å². The molecule has 0 saturated heterocycles. The normalized spacial score (nSPS) is 12.6. The summed E-state index contributed by atoms with van der Waals surface area (Å²) in [5.74, 6) is -1.10. The van der Waals surface area contributed by atoms with E-state index in [0.717, 1.165) is 11.1 Å². The lowest BCUT2D eigenvalue weighted by Gasteiger charge is -2.19. The van der Waals surface area contributed by atoms with E-state index in [1.165, 1.54) is 6.92 Å². The third-order valence-corrected chi connectivity index (χ3v) is 4.54. The standard InChI is InChI=1S/C21H24ClN3O4/c1-12-4-5-13(2)17(10-12)24-20(27)14(3)29-19(26)11-18(25-21(23)28)15-6-8-16(22)9-7-15/h4-10,14,18H,11H2,1-3H3,(H,24,27)(H3,23,25,28)/t14-,18-/m1/s1. The maximum absolute atomic E-state index is 12.4. The molecular formula is C21H24ClN3O4. The molecule has 0 aliphatic rings. The average Bonchev–Trinajstić information content (AvgIpc) is 2.64. The van der Waals surface area contributed by atoms with E-state index in [4.69, 9.17) is 22.1 Å². The molecule has 29 heavy (non-hydrogen) atoms. The van der Waals surface area contributed by atoms with Gasteiger partial charge < -0.3 is 21.1 Å². The number of hydrogen-bond acceptors (Lipinski definition) is 4. The van der Waals surface area contributed by atoms with Crippen molar-refractivity contribution in [2.45, 2.75) is 39.3 Å². The Labute approximate surface area is 174 Å². The molecule has 3 amide bonds. The lowest BCUT2D eigenvalue weighted by Crippen LogP contribution is -2.36. The van der Waals surface area contributed by atoms with Crippen molar-refractivity contribution in [3.05, 3.63) is 64.2 Å². The van der Waals surface area contributed by atoms with Crippen molar-refractivity contribution in [1.29, 1.82) is 0 Å². The van der Waals surface area contributed by atoms with Gasteiger partial charge in [-0.3, -0.25) is 9.59 Å². The highest BCUT2D eigenvalue weighted by molar-refractivity contribution is 6.30. The van der Waals surface area contributed by atoms with Crippen LogP contribution in [0.3, 0.4) is 0 Å². The van der Waals surface area contributed by atoms with Crippen LogP contribution in [0, 0.1) is 13.8 Å². The first kappa shape index (κ1) is 22.2. The lowest BCUT2D eigenvalue weighted by atomic mass is 10.0. The largest absolute Gasteiger partial charge is 0.452 e. The summed E-state index contributed by atoms with van der Waals surface area (Å²) in [6.07, 6.45) is -1.20. The summed E-state index contributed by atoms with van der Waals surface area (Å²) >= 11 is 5.87. The van der Waals surface area contributed by atoms with Gasteiger partial charge in [-0.1, -0.05) is 35.9 Å². The van der Waals surface area contributed by atoms with Crippen LogP contribution in [0.25, 0.3) is 0 Å². The summed E-state index contributed by atoms with van der Waals surface area (Å²) in [6, 6.07) is 10.8. The first-order chi connectivity index (χ1) is 13.7. The molecule has 2 atom stereocenters. The summed E-state index contributed by atoms with van der Waals surface area (Å²) in [5, 5.41) is 5.78. The second-order valence-corrected chi connectivity index (χ2v) is 7.19. The fourth-order valence-corrected chi connectivity index (χ4v) is 2.82. The number of ether oxygens (including phenoxy) is 1. The number of anilines is 1. The molecule has 0 heterocycles. The summed E-state index contributed by atoms with van der Waals surface area (Å²) < 4.78 is 5.24. The number of hydrogen-bond donors (Lipinski definition) is 3. The minimum atomic E-state index is -1.01. The molecule has 0 aliphatic carbocycles. The number of aryl methyl sites for hydroxylation is 2. The second kappa shape index (κ2) is 9.93. The van der Waals surface area contributed by atoms with E-state index in [1.807, 2.05) is 32.0 Å². The number of benzene rings is 2.